The molecule has 0 aliphatic rings. The molecule has 1 rings (SSSR count). The Morgan fingerprint density at radius 2 is 2.20 bits per heavy atom. The van der Waals surface area contributed by atoms with Crippen molar-refractivity contribution in [2.75, 3.05) is 6.54 Å². The Morgan fingerprint density at radius 1 is 1.50 bits per heavy atom. The van der Waals surface area contributed by atoms with Gasteiger partial charge in [0, 0.05) is 29.7 Å². The summed E-state index contributed by atoms with van der Waals surface area (Å²) in [6, 6.07) is 1.73. The van der Waals surface area contributed by atoms with Crippen LogP contribution in [-0.4, -0.2) is 29.4 Å². The van der Waals surface area contributed by atoms with Gasteiger partial charge < -0.3 is 10.6 Å². The number of aromatic nitrogens is 1. The summed E-state index contributed by atoms with van der Waals surface area (Å²) in [4.78, 5) is 27.3. The molecule has 2 N–H and O–H groups in total. The molecule has 0 bridgehead atoms. The maximum Gasteiger partial charge on any atom is 0.254 e. The molecule has 0 aromatic carbocycles. The summed E-state index contributed by atoms with van der Waals surface area (Å²) in [5, 5.41) is 5.61. The predicted octanol–water partition coefficient (Wildman–Crippen LogP) is 2.53. The highest BCUT2D eigenvalue weighted by Gasteiger charge is 2.12. The lowest BCUT2D eigenvalue weighted by molar-refractivity contribution is -0.121. The maximum absolute atomic E-state index is 11.9. The molecule has 1 unspecified atom stereocenters. The Balaban J connectivity index is 2.44. The minimum Gasteiger partial charge on any atom is -0.354 e. The summed E-state index contributed by atoms with van der Waals surface area (Å²) >= 11 is 9.07. The van der Waals surface area contributed by atoms with Crippen molar-refractivity contribution < 1.29 is 9.59 Å². The van der Waals surface area contributed by atoms with E-state index in [1.165, 1.54) is 6.20 Å². The van der Waals surface area contributed by atoms with E-state index in [-0.39, 0.29) is 41.5 Å². The molecule has 110 valence electrons. The first-order chi connectivity index (χ1) is 9.43. The van der Waals surface area contributed by atoms with Crippen molar-refractivity contribution in [2.24, 2.45) is 0 Å². The van der Waals surface area contributed by atoms with Gasteiger partial charge in [0.2, 0.25) is 5.91 Å². The zero-order valence-electron chi connectivity index (χ0n) is 11.4. The van der Waals surface area contributed by atoms with Crippen molar-refractivity contribution in [1.82, 2.24) is 15.6 Å². The van der Waals surface area contributed by atoms with E-state index in [0.717, 1.165) is 6.42 Å². The minimum absolute atomic E-state index is 0.0851. The third-order valence-corrected chi connectivity index (χ3v) is 3.44. The number of nitrogens with one attached hydrogen (secondary N) is 2. The van der Waals surface area contributed by atoms with Gasteiger partial charge in [0.05, 0.1) is 5.56 Å². The fourth-order valence-electron chi connectivity index (χ4n) is 1.42. The van der Waals surface area contributed by atoms with Crippen LogP contribution in [0.15, 0.2) is 16.7 Å². The Bertz CT molecular complexity index is 497. The number of hydrogen-bond donors (Lipinski definition) is 2. The van der Waals surface area contributed by atoms with Crippen LogP contribution >= 0.6 is 27.5 Å². The molecule has 1 aromatic rings. The molecule has 0 saturated carbocycles. The van der Waals surface area contributed by atoms with Crippen molar-refractivity contribution in [1.29, 1.82) is 0 Å². The lowest BCUT2D eigenvalue weighted by atomic mass is 10.2. The zero-order chi connectivity index (χ0) is 15.1. The summed E-state index contributed by atoms with van der Waals surface area (Å²) in [5.74, 6) is -0.432. The second-order valence-corrected chi connectivity index (χ2v) is 5.65. The van der Waals surface area contributed by atoms with Gasteiger partial charge in [-0.25, -0.2) is 4.98 Å². The van der Waals surface area contributed by atoms with Gasteiger partial charge in [0.1, 0.15) is 5.15 Å². The first-order valence-electron chi connectivity index (χ1n) is 6.32. The monoisotopic (exact) mass is 361 g/mol. The lowest BCUT2D eigenvalue weighted by Crippen LogP contribution is -2.35. The van der Waals surface area contributed by atoms with Gasteiger partial charge in [0.25, 0.3) is 5.91 Å². The van der Waals surface area contributed by atoms with E-state index >= 15 is 0 Å². The van der Waals surface area contributed by atoms with Crippen LogP contribution in [-0.2, 0) is 4.79 Å². The second kappa shape index (κ2) is 8.21. The zero-order valence-corrected chi connectivity index (χ0v) is 13.7. The first kappa shape index (κ1) is 16.9. The number of carbonyl (C=O) groups excluding carboxylic acids is 2. The summed E-state index contributed by atoms with van der Waals surface area (Å²) in [7, 11) is 0. The van der Waals surface area contributed by atoms with E-state index in [9.17, 15) is 9.59 Å². The number of halogens is 2. The van der Waals surface area contributed by atoms with Gasteiger partial charge in [-0.1, -0.05) is 18.5 Å². The van der Waals surface area contributed by atoms with E-state index < -0.39 is 0 Å². The molecule has 1 atom stereocenters. The van der Waals surface area contributed by atoms with Crippen molar-refractivity contribution in [3.05, 3.63) is 27.5 Å². The van der Waals surface area contributed by atoms with Gasteiger partial charge in [0.15, 0.2) is 0 Å². The van der Waals surface area contributed by atoms with E-state index in [0.29, 0.717) is 4.47 Å². The number of nitrogens with zero attached hydrogens (tertiary/aromatic N) is 1. The highest BCUT2D eigenvalue weighted by atomic mass is 79.9. The van der Waals surface area contributed by atoms with Gasteiger partial charge in [-0.05, 0) is 35.3 Å². The highest BCUT2D eigenvalue weighted by Crippen LogP contribution is 2.17. The van der Waals surface area contributed by atoms with Crippen LogP contribution in [0.1, 0.15) is 37.0 Å². The molecular formula is C13H17BrClN3O2. The largest absolute Gasteiger partial charge is 0.354 e. The average Bonchev–Trinajstić information content (AvgIpc) is 2.41. The standard InChI is InChI=1S/C13H17BrClN3O2/c1-3-8(2)18-11(19)4-5-16-13(20)10-6-9(14)7-17-12(10)15/h6-8H,3-5H2,1-2H3,(H,16,20)(H,18,19). The van der Waals surface area contributed by atoms with Crippen LogP contribution in [0, 0.1) is 0 Å². The Kier molecular flexibility index (Phi) is 6.95. The van der Waals surface area contributed by atoms with E-state index in [1.54, 1.807) is 6.07 Å². The highest BCUT2D eigenvalue weighted by molar-refractivity contribution is 9.10. The molecule has 0 saturated heterocycles. The third kappa shape index (κ3) is 5.46. The molecule has 20 heavy (non-hydrogen) atoms. The Hall–Kier alpha value is -1.14. The minimum atomic E-state index is -0.347. The van der Waals surface area contributed by atoms with E-state index in [4.69, 9.17) is 11.6 Å². The third-order valence-electron chi connectivity index (χ3n) is 2.71. The van der Waals surface area contributed by atoms with Crippen LogP contribution in [0.4, 0.5) is 0 Å². The van der Waals surface area contributed by atoms with Crippen molar-refractivity contribution >= 4 is 39.3 Å². The Morgan fingerprint density at radius 3 is 2.85 bits per heavy atom. The average molecular weight is 363 g/mol. The summed E-state index contributed by atoms with van der Waals surface area (Å²) in [6.45, 7) is 4.18. The molecule has 2 amide bonds. The Labute approximate surface area is 131 Å². The molecule has 1 heterocycles. The van der Waals surface area contributed by atoms with Gasteiger partial charge in [-0.15, -0.1) is 0 Å². The van der Waals surface area contributed by atoms with Gasteiger partial charge in [-0.2, -0.15) is 0 Å². The van der Waals surface area contributed by atoms with Crippen molar-refractivity contribution in [2.45, 2.75) is 32.7 Å². The van der Waals surface area contributed by atoms with Crippen molar-refractivity contribution in [3.63, 3.8) is 0 Å². The van der Waals surface area contributed by atoms with Crippen LogP contribution < -0.4 is 10.6 Å². The van der Waals surface area contributed by atoms with Crippen LogP contribution in [0.25, 0.3) is 0 Å². The quantitative estimate of drug-likeness (QED) is 0.764. The topological polar surface area (TPSA) is 71.1 Å². The molecular weight excluding hydrogens is 346 g/mol. The predicted molar refractivity (Wildman–Crippen MR) is 81.8 cm³/mol. The van der Waals surface area contributed by atoms with E-state index in [2.05, 4.69) is 31.5 Å². The smallest absolute Gasteiger partial charge is 0.254 e. The molecule has 1 aromatic heterocycles. The van der Waals surface area contributed by atoms with Gasteiger partial charge >= 0.3 is 0 Å². The number of pyridine rings is 1. The fourth-order valence-corrected chi connectivity index (χ4v) is 1.94. The molecule has 0 aliphatic heterocycles. The summed E-state index contributed by atoms with van der Waals surface area (Å²) in [5.41, 5.74) is 0.281. The summed E-state index contributed by atoms with van der Waals surface area (Å²) in [6.07, 6.45) is 2.62. The maximum atomic E-state index is 11.9. The first-order valence-corrected chi connectivity index (χ1v) is 7.49. The fraction of sp³-hybridized carbons (Fsp3) is 0.462. The molecule has 0 aliphatic carbocycles. The molecule has 5 nitrogen and oxygen atoms in total. The van der Waals surface area contributed by atoms with Crippen LogP contribution in [0.5, 0.6) is 0 Å². The van der Waals surface area contributed by atoms with Crippen LogP contribution in [0.3, 0.4) is 0 Å². The molecule has 0 fully saturated rings. The molecule has 0 spiro atoms. The molecule has 7 heteroatoms. The summed E-state index contributed by atoms with van der Waals surface area (Å²) < 4.78 is 0.668. The lowest BCUT2D eigenvalue weighted by Gasteiger charge is -2.11. The number of rotatable bonds is 6. The van der Waals surface area contributed by atoms with Gasteiger partial charge in [-0.3, -0.25) is 9.59 Å². The number of carbonyl (C=O) groups is 2. The van der Waals surface area contributed by atoms with Crippen LogP contribution in [0.2, 0.25) is 5.15 Å². The second-order valence-electron chi connectivity index (χ2n) is 4.37. The van der Waals surface area contributed by atoms with E-state index in [1.807, 2.05) is 13.8 Å². The SMILES string of the molecule is CCC(C)NC(=O)CCNC(=O)c1cc(Br)cnc1Cl. The normalized spacial score (nSPS) is 11.8. The number of hydrogen-bond acceptors (Lipinski definition) is 3. The number of amides is 2. The molecule has 0 radical (unpaired) electrons. The van der Waals surface area contributed by atoms with Crippen molar-refractivity contribution in [3.8, 4) is 0 Å².